The molecule has 2 fully saturated rings. The number of likely N-dealkylation sites (tertiary alicyclic amines) is 1. The van der Waals surface area contributed by atoms with Crippen molar-refractivity contribution in [2.24, 2.45) is 5.73 Å². The molecule has 3 N–H and O–H groups in total. The molecular weight excluding hydrogens is 250 g/mol. The van der Waals surface area contributed by atoms with Crippen LogP contribution >= 0.6 is 0 Å². The second-order valence-corrected chi connectivity index (χ2v) is 5.92. The summed E-state index contributed by atoms with van der Waals surface area (Å²) in [6.45, 7) is 2.77. The molecule has 1 aliphatic carbocycles. The molecule has 0 unspecified atom stereocenters. The first-order valence-corrected chi connectivity index (χ1v) is 7.60. The standard InChI is InChI=1S/C16H23N3O/c17-11-12-1-3-13(4-2-12)16(20)18-14-7-9-19(10-8-14)15-5-6-15/h1-4,14-15H,5-11,17H2,(H,18,20). The Labute approximate surface area is 120 Å². The fourth-order valence-electron chi connectivity index (χ4n) is 2.91. The highest BCUT2D eigenvalue weighted by molar-refractivity contribution is 5.94. The monoisotopic (exact) mass is 273 g/mol. The lowest BCUT2D eigenvalue weighted by molar-refractivity contribution is 0.0909. The molecule has 1 aromatic carbocycles. The number of rotatable bonds is 4. The molecule has 4 heteroatoms. The van der Waals surface area contributed by atoms with Gasteiger partial charge in [0.25, 0.3) is 5.91 Å². The number of amides is 1. The van der Waals surface area contributed by atoms with Gasteiger partial charge in [-0.15, -0.1) is 0 Å². The van der Waals surface area contributed by atoms with Crippen molar-refractivity contribution in [3.8, 4) is 0 Å². The quantitative estimate of drug-likeness (QED) is 0.874. The van der Waals surface area contributed by atoms with Gasteiger partial charge in [0.05, 0.1) is 0 Å². The third-order valence-corrected chi connectivity index (χ3v) is 4.38. The molecule has 0 atom stereocenters. The number of carbonyl (C=O) groups excluding carboxylic acids is 1. The Morgan fingerprint density at radius 1 is 1.15 bits per heavy atom. The Balaban J connectivity index is 1.50. The van der Waals surface area contributed by atoms with Gasteiger partial charge in [0.1, 0.15) is 0 Å². The summed E-state index contributed by atoms with van der Waals surface area (Å²) < 4.78 is 0. The van der Waals surface area contributed by atoms with E-state index in [4.69, 9.17) is 5.73 Å². The first kappa shape index (κ1) is 13.6. The summed E-state index contributed by atoms with van der Waals surface area (Å²) in [6, 6.07) is 8.73. The molecule has 2 aliphatic rings. The molecule has 3 rings (SSSR count). The Bertz CT molecular complexity index is 459. The highest BCUT2D eigenvalue weighted by Crippen LogP contribution is 2.29. The van der Waals surface area contributed by atoms with Crippen molar-refractivity contribution in [3.63, 3.8) is 0 Å². The van der Waals surface area contributed by atoms with Gasteiger partial charge in [0.2, 0.25) is 0 Å². The number of hydrogen-bond donors (Lipinski definition) is 2. The molecule has 108 valence electrons. The van der Waals surface area contributed by atoms with Crippen LogP contribution in [0, 0.1) is 0 Å². The lowest BCUT2D eigenvalue weighted by atomic mass is 10.0. The Morgan fingerprint density at radius 3 is 2.35 bits per heavy atom. The maximum absolute atomic E-state index is 12.2. The van der Waals surface area contributed by atoms with Gasteiger partial charge in [0.15, 0.2) is 0 Å². The van der Waals surface area contributed by atoms with Gasteiger partial charge in [-0.3, -0.25) is 4.79 Å². The fraction of sp³-hybridized carbons (Fsp3) is 0.562. The molecule has 1 aliphatic heterocycles. The summed E-state index contributed by atoms with van der Waals surface area (Å²) in [5.74, 6) is 0.0402. The van der Waals surface area contributed by atoms with E-state index >= 15 is 0 Å². The molecule has 0 radical (unpaired) electrons. The minimum atomic E-state index is 0.0402. The van der Waals surface area contributed by atoms with E-state index in [-0.39, 0.29) is 5.91 Å². The van der Waals surface area contributed by atoms with Gasteiger partial charge in [-0.25, -0.2) is 0 Å². The van der Waals surface area contributed by atoms with Gasteiger partial charge < -0.3 is 16.0 Å². The predicted molar refractivity (Wildman–Crippen MR) is 79.4 cm³/mol. The zero-order valence-electron chi connectivity index (χ0n) is 11.8. The first-order chi connectivity index (χ1) is 9.76. The highest BCUT2D eigenvalue weighted by Gasteiger charge is 2.32. The Morgan fingerprint density at radius 2 is 1.80 bits per heavy atom. The van der Waals surface area contributed by atoms with Crippen LogP contribution in [-0.2, 0) is 6.54 Å². The minimum Gasteiger partial charge on any atom is -0.349 e. The SMILES string of the molecule is NCc1ccc(C(=O)NC2CCN(C3CC3)CC2)cc1. The topological polar surface area (TPSA) is 58.4 Å². The van der Waals surface area contributed by atoms with Crippen LogP contribution in [0.15, 0.2) is 24.3 Å². The van der Waals surface area contributed by atoms with Crippen LogP contribution in [0.4, 0.5) is 0 Å². The molecule has 1 saturated heterocycles. The summed E-state index contributed by atoms with van der Waals surface area (Å²) in [5.41, 5.74) is 7.35. The minimum absolute atomic E-state index is 0.0402. The van der Waals surface area contributed by atoms with E-state index < -0.39 is 0 Å². The lowest BCUT2D eigenvalue weighted by Gasteiger charge is -2.32. The third-order valence-electron chi connectivity index (χ3n) is 4.38. The number of piperidine rings is 1. The average Bonchev–Trinajstić information content (AvgIpc) is 3.33. The van der Waals surface area contributed by atoms with Crippen molar-refractivity contribution in [2.45, 2.75) is 44.3 Å². The number of benzene rings is 1. The summed E-state index contributed by atoms with van der Waals surface area (Å²) >= 11 is 0. The van der Waals surface area contributed by atoms with Crippen molar-refractivity contribution in [2.75, 3.05) is 13.1 Å². The van der Waals surface area contributed by atoms with Crippen molar-refractivity contribution in [1.82, 2.24) is 10.2 Å². The van der Waals surface area contributed by atoms with E-state index in [2.05, 4.69) is 10.2 Å². The summed E-state index contributed by atoms with van der Waals surface area (Å²) in [5, 5.41) is 3.16. The fourth-order valence-corrected chi connectivity index (χ4v) is 2.91. The molecule has 1 heterocycles. The molecular formula is C16H23N3O. The summed E-state index contributed by atoms with van der Waals surface area (Å²) in [7, 11) is 0. The van der Waals surface area contributed by atoms with Crippen molar-refractivity contribution >= 4 is 5.91 Å². The zero-order chi connectivity index (χ0) is 13.9. The van der Waals surface area contributed by atoms with Crippen LogP contribution in [-0.4, -0.2) is 36.0 Å². The van der Waals surface area contributed by atoms with Crippen LogP contribution < -0.4 is 11.1 Å². The number of nitrogens with zero attached hydrogens (tertiary/aromatic N) is 1. The van der Waals surface area contributed by atoms with Gasteiger partial charge in [-0.1, -0.05) is 12.1 Å². The van der Waals surface area contributed by atoms with Gasteiger partial charge >= 0.3 is 0 Å². The second kappa shape index (κ2) is 5.94. The van der Waals surface area contributed by atoms with Crippen molar-refractivity contribution in [3.05, 3.63) is 35.4 Å². The number of nitrogens with one attached hydrogen (secondary N) is 1. The predicted octanol–water partition coefficient (Wildman–Crippen LogP) is 1.50. The Kier molecular flexibility index (Phi) is 4.03. The molecule has 1 amide bonds. The molecule has 0 spiro atoms. The van der Waals surface area contributed by atoms with Gasteiger partial charge in [-0.05, 0) is 43.4 Å². The molecule has 0 bridgehead atoms. The van der Waals surface area contributed by atoms with Crippen LogP contribution in [0.25, 0.3) is 0 Å². The Hall–Kier alpha value is -1.39. The van der Waals surface area contributed by atoms with Gasteiger partial charge in [-0.2, -0.15) is 0 Å². The molecule has 4 nitrogen and oxygen atoms in total. The third kappa shape index (κ3) is 3.19. The number of hydrogen-bond acceptors (Lipinski definition) is 3. The van der Waals surface area contributed by atoms with E-state index in [1.807, 2.05) is 24.3 Å². The molecule has 1 saturated carbocycles. The summed E-state index contributed by atoms with van der Waals surface area (Å²) in [4.78, 5) is 14.8. The number of carbonyl (C=O) groups is 1. The largest absolute Gasteiger partial charge is 0.349 e. The first-order valence-electron chi connectivity index (χ1n) is 7.60. The molecule has 0 aromatic heterocycles. The number of nitrogens with two attached hydrogens (primary N) is 1. The maximum Gasteiger partial charge on any atom is 0.251 e. The highest BCUT2D eigenvalue weighted by atomic mass is 16.1. The maximum atomic E-state index is 12.2. The van der Waals surface area contributed by atoms with Crippen LogP contribution in [0.3, 0.4) is 0 Å². The van der Waals surface area contributed by atoms with E-state index in [9.17, 15) is 4.79 Å². The van der Waals surface area contributed by atoms with Crippen LogP contribution in [0.1, 0.15) is 41.6 Å². The summed E-state index contributed by atoms with van der Waals surface area (Å²) in [6.07, 6.45) is 4.88. The van der Waals surface area contributed by atoms with Crippen LogP contribution in [0.5, 0.6) is 0 Å². The zero-order valence-corrected chi connectivity index (χ0v) is 11.8. The van der Waals surface area contributed by atoms with E-state index in [0.717, 1.165) is 43.1 Å². The molecule has 20 heavy (non-hydrogen) atoms. The van der Waals surface area contributed by atoms with Crippen molar-refractivity contribution in [1.29, 1.82) is 0 Å². The van der Waals surface area contributed by atoms with E-state index in [0.29, 0.717) is 12.6 Å². The van der Waals surface area contributed by atoms with Crippen LogP contribution in [0.2, 0.25) is 0 Å². The second-order valence-electron chi connectivity index (χ2n) is 5.92. The van der Waals surface area contributed by atoms with Crippen molar-refractivity contribution < 1.29 is 4.79 Å². The van der Waals surface area contributed by atoms with E-state index in [1.165, 1.54) is 12.8 Å². The smallest absolute Gasteiger partial charge is 0.251 e. The molecule has 1 aromatic rings. The average molecular weight is 273 g/mol. The normalized spacial score (nSPS) is 20.9. The lowest BCUT2D eigenvalue weighted by Crippen LogP contribution is -2.45. The van der Waals surface area contributed by atoms with E-state index in [1.54, 1.807) is 0 Å². The van der Waals surface area contributed by atoms with Gasteiger partial charge in [0, 0.05) is 37.3 Å².